The molecule has 0 aromatic heterocycles. The van der Waals surface area contributed by atoms with Crippen LogP contribution >= 0.6 is 0 Å². The van der Waals surface area contributed by atoms with E-state index in [4.69, 9.17) is 0 Å². The van der Waals surface area contributed by atoms with E-state index in [-0.39, 0.29) is 5.57 Å². The number of halogens is 2. The third kappa shape index (κ3) is 3.46. The molecule has 0 amide bonds. The third-order valence-electron chi connectivity index (χ3n) is 1.52. The van der Waals surface area contributed by atoms with Crippen LogP contribution in [0.15, 0.2) is 36.0 Å². The Morgan fingerprint density at radius 1 is 1.42 bits per heavy atom. The van der Waals surface area contributed by atoms with E-state index in [0.29, 0.717) is 0 Å². The molecule has 0 bridgehead atoms. The number of hydrogen-bond donors (Lipinski definition) is 0. The van der Waals surface area contributed by atoms with Crippen LogP contribution in [0.5, 0.6) is 0 Å². The minimum absolute atomic E-state index is 0.0277. The summed E-state index contributed by atoms with van der Waals surface area (Å²) in [5, 5.41) is 0. The van der Waals surface area contributed by atoms with Gasteiger partial charge in [-0.1, -0.05) is 30.4 Å². The van der Waals surface area contributed by atoms with E-state index in [9.17, 15) is 8.78 Å². The van der Waals surface area contributed by atoms with E-state index in [2.05, 4.69) is 6.58 Å². The lowest BCUT2D eigenvalue weighted by molar-refractivity contribution is 0.0672. The first kappa shape index (κ1) is 11.1. The van der Waals surface area contributed by atoms with Crippen LogP contribution < -0.4 is 0 Å². The van der Waals surface area contributed by atoms with Gasteiger partial charge < -0.3 is 0 Å². The summed E-state index contributed by atoms with van der Waals surface area (Å²) in [7, 11) is 0. The second kappa shape index (κ2) is 4.19. The Morgan fingerprint density at radius 3 is 2.17 bits per heavy atom. The average Bonchev–Trinajstić information content (AvgIpc) is 1.97. The van der Waals surface area contributed by atoms with Gasteiger partial charge in [-0.05, 0) is 13.8 Å². The van der Waals surface area contributed by atoms with Crippen LogP contribution in [0.4, 0.5) is 8.78 Å². The molecular weight excluding hydrogens is 158 g/mol. The molecule has 0 aliphatic carbocycles. The van der Waals surface area contributed by atoms with Crippen molar-refractivity contribution in [2.75, 3.05) is 0 Å². The van der Waals surface area contributed by atoms with Crippen LogP contribution in [0, 0.1) is 0 Å². The van der Waals surface area contributed by atoms with Crippen molar-refractivity contribution in [1.29, 1.82) is 0 Å². The summed E-state index contributed by atoms with van der Waals surface area (Å²) in [5.74, 6) is -2.76. The number of allylic oxidation sites excluding steroid dienone is 5. The highest BCUT2D eigenvalue weighted by Gasteiger charge is 2.24. The van der Waals surface area contributed by atoms with Crippen molar-refractivity contribution >= 4 is 0 Å². The van der Waals surface area contributed by atoms with Crippen LogP contribution in [-0.4, -0.2) is 5.92 Å². The Hall–Kier alpha value is -0.920. The van der Waals surface area contributed by atoms with Crippen LogP contribution in [-0.2, 0) is 0 Å². The van der Waals surface area contributed by atoms with Crippen molar-refractivity contribution in [3.63, 3.8) is 0 Å². The topological polar surface area (TPSA) is 0 Å². The third-order valence-corrected chi connectivity index (χ3v) is 1.52. The van der Waals surface area contributed by atoms with E-state index in [1.807, 2.05) is 0 Å². The molecule has 0 N–H and O–H groups in total. The normalized spacial score (nSPS) is 14.8. The molecule has 0 heterocycles. The van der Waals surface area contributed by atoms with E-state index in [0.717, 1.165) is 12.5 Å². The largest absolute Gasteiger partial charge is 0.270 e. The van der Waals surface area contributed by atoms with E-state index < -0.39 is 5.92 Å². The van der Waals surface area contributed by atoms with Crippen molar-refractivity contribution in [3.05, 3.63) is 36.0 Å². The second-order valence-corrected chi connectivity index (χ2v) is 2.72. The molecule has 0 aliphatic heterocycles. The average molecular weight is 172 g/mol. The maximum atomic E-state index is 12.7. The highest BCUT2D eigenvalue weighted by molar-refractivity contribution is 5.31. The highest BCUT2D eigenvalue weighted by Crippen LogP contribution is 2.24. The van der Waals surface area contributed by atoms with E-state index in [1.54, 1.807) is 19.9 Å². The summed E-state index contributed by atoms with van der Waals surface area (Å²) in [6.07, 6.45) is 4.40. The van der Waals surface area contributed by atoms with Gasteiger partial charge in [-0.3, -0.25) is 0 Å². The van der Waals surface area contributed by atoms with Gasteiger partial charge in [0.15, 0.2) is 0 Å². The van der Waals surface area contributed by atoms with Gasteiger partial charge in [0, 0.05) is 12.5 Å². The molecular formula is C10H14F2. The van der Waals surface area contributed by atoms with Gasteiger partial charge in [-0.25, -0.2) is 8.78 Å². The fourth-order valence-electron chi connectivity index (χ4n) is 0.768. The highest BCUT2D eigenvalue weighted by atomic mass is 19.3. The van der Waals surface area contributed by atoms with Crippen molar-refractivity contribution in [2.24, 2.45) is 0 Å². The lowest BCUT2D eigenvalue weighted by Gasteiger charge is -2.11. The summed E-state index contributed by atoms with van der Waals surface area (Å²) in [4.78, 5) is 0. The van der Waals surface area contributed by atoms with E-state index in [1.165, 1.54) is 12.2 Å². The Morgan fingerprint density at radius 2 is 1.92 bits per heavy atom. The van der Waals surface area contributed by atoms with Gasteiger partial charge >= 0.3 is 0 Å². The molecule has 0 rings (SSSR count). The van der Waals surface area contributed by atoms with Gasteiger partial charge in [0.05, 0.1) is 0 Å². The lowest BCUT2D eigenvalue weighted by Crippen LogP contribution is -2.11. The van der Waals surface area contributed by atoms with Gasteiger partial charge in [-0.2, -0.15) is 0 Å². The zero-order valence-electron chi connectivity index (χ0n) is 7.70. The van der Waals surface area contributed by atoms with Crippen molar-refractivity contribution < 1.29 is 8.78 Å². The second-order valence-electron chi connectivity index (χ2n) is 2.72. The Bertz CT molecular complexity index is 216. The Balaban J connectivity index is 4.74. The molecule has 68 valence electrons. The molecule has 0 aromatic carbocycles. The van der Waals surface area contributed by atoms with Gasteiger partial charge in [0.2, 0.25) is 0 Å². The van der Waals surface area contributed by atoms with Crippen molar-refractivity contribution in [3.8, 4) is 0 Å². The SMILES string of the molecule is C=C/C(C)=C\C(=C/C)C(C)(F)F. The molecule has 0 nitrogen and oxygen atoms in total. The molecule has 0 aromatic rings. The maximum Gasteiger partial charge on any atom is 0.270 e. The first-order chi connectivity index (χ1) is 5.41. The minimum Gasteiger partial charge on any atom is -0.202 e. The molecule has 0 aliphatic rings. The molecule has 0 fully saturated rings. The molecule has 0 unspecified atom stereocenters. The molecule has 0 spiro atoms. The van der Waals surface area contributed by atoms with Crippen LogP contribution in [0.25, 0.3) is 0 Å². The molecule has 0 atom stereocenters. The zero-order chi connectivity index (χ0) is 9.78. The summed E-state index contributed by atoms with van der Waals surface area (Å²) < 4.78 is 25.5. The van der Waals surface area contributed by atoms with Gasteiger partial charge in [0.1, 0.15) is 0 Å². The van der Waals surface area contributed by atoms with Crippen molar-refractivity contribution in [1.82, 2.24) is 0 Å². The summed E-state index contributed by atoms with van der Waals surface area (Å²) >= 11 is 0. The summed E-state index contributed by atoms with van der Waals surface area (Å²) in [6, 6.07) is 0. The predicted molar refractivity (Wildman–Crippen MR) is 48.3 cm³/mol. The quantitative estimate of drug-likeness (QED) is 0.569. The van der Waals surface area contributed by atoms with Crippen LogP contribution in [0.2, 0.25) is 0 Å². The maximum absolute atomic E-state index is 12.7. The Kier molecular flexibility index (Phi) is 3.87. The predicted octanol–water partition coefficient (Wildman–Crippen LogP) is 3.72. The molecule has 2 heteroatoms. The Labute approximate surface area is 72.3 Å². The fraction of sp³-hybridized carbons (Fsp3) is 0.400. The van der Waals surface area contributed by atoms with Gasteiger partial charge in [0.25, 0.3) is 5.92 Å². The summed E-state index contributed by atoms with van der Waals surface area (Å²) in [6.45, 7) is 7.71. The van der Waals surface area contributed by atoms with Crippen molar-refractivity contribution in [2.45, 2.75) is 26.7 Å². The minimum atomic E-state index is -2.76. The van der Waals surface area contributed by atoms with Gasteiger partial charge in [-0.15, -0.1) is 0 Å². The fourth-order valence-corrected chi connectivity index (χ4v) is 0.768. The first-order valence-electron chi connectivity index (χ1n) is 3.77. The smallest absolute Gasteiger partial charge is 0.202 e. The number of alkyl halides is 2. The summed E-state index contributed by atoms with van der Waals surface area (Å²) in [5.41, 5.74) is 0.768. The first-order valence-corrected chi connectivity index (χ1v) is 3.77. The lowest BCUT2D eigenvalue weighted by atomic mass is 10.1. The number of rotatable bonds is 3. The zero-order valence-corrected chi connectivity index (χ0v) is 7.70. The molecule has 0 saturated heterocycles. The molecule has 0 saturated carbocycles. The number of hydrogen-bond acceptors (Lipinski definition) is 0. The molecule has 12 heavy (non-hydrogen) atoms. The van der Waals surface area contributed by atoms with Crippen LogP contribution in [0.3, 0.4) is 0 Å². The monoisotopic (exact) mass is 172 g/mol. The van der Waals surface area contributed by atoms with E-state index >= 15 is 0 Å². The molecule has 0 radical (unpaired) electrons. The van der Waals surface area contributed by atoms with Crippen LogP contribution in [0.1, 0.15) is 20.8 Å². The standard InChI is InChI=1S/C10H14F2/c1-5-8(3)7-9(6-2)10(4,11)12/h5-7H,1H2,2-4H3/b8-7-,9-6+.